The molecule has 2 aromatic heterocycles. The summed E-state index contributed by atoms with van der Waals surface area (Å²) in [5.41, 5.74) is 8.12. The van der Waals surface area contributed by atoms with Gasteiger partial charge in [-0.15, -0.1) is 0 Å². The summed E-state index contributed by atoms with van der Waals surface area (Å²) in [5, 5.41) is 4.28. The van der Waals surface area contributed by atoms with Crippen LogP contribution in [0.3, 0.4) is 0 Å². The molecule has 0 saturated carbocycles. The molecule has 0 radical (unpaired) electrons. The van der Waals surface area contributed by atoms with Gasteiger partial charge in [-0.05, 0) is 81.0 Å². The van der Waals surface area contributed by atoms with Crippen LogP contribution >= 0.6 is 12.2 Å². The number of hydrogen-bond donors (Lipinski definition) is 1. The smallest absolute Gasteiger partial charge is 0.174 e. The van der Waals surface area contributed by atoms with Crippen LogP contribution in [0, 0.1) is 20.8 Å². The van der Waals surface area contributed by atoms with E-state index in [1.807, 2.05) is 24.4 Å². The molecule has 4 nitrogen and oxygen atoms in total. The molecule has 2 atom stereocenters. The summed E-state index contributed by atoms with van der Waals surface area (Å²) in [6.07, 6.45) is 1.85. The summed E-state index contributed by atoms with van der Waals surface area (Å²) in [7, 11) is 0. The number of aromatic nitrogens is 2. The second kappa shape index (κ2) is 8.24. The van der Waals surface area contributed by atoms with Crippen molar-refractivity contribution in [3.8, 4) is 5.69 Å². The molecule has 5 heteroatoms. The van der Waals surface area contributed by atoms with E-state index in [9.17, 15) is 0 Å². The van der Waals surface area contributed by atoms with Crippen molar-refractivity contribution in [2.75, 3.05) is 4.90 Å². The molecule has 0 bridgehead atoms. The number of anilines is 1. The molecular formula is C27H26N4S. The molecule has 1 aliphatic heterocycles. The van der Waals surface area contributed by atoms with E-state index < -0.39 is 0 Å². The molecule has 2 aromatic carbocycles. The lowest BCUT2D eigenvalue weighted by Crippen LogP contribution is -2.29. The molecule has 3 heterocycles. The van der Waals surface area contributed by atoms with Gasteiger partial charge in [-0.3, -0.25) is 4.98 Å². The Morgan fingerprint density at radius 2 is 1.56 bits per heavy atom. The van der Waals surface area contributed by atoms with Crippen molar-refractivity contribution in [3.05, 3.63) is 113 Å². The molecule has 0 amide bonds. The number of para-hydroxylation sites is 1. The van der Waals surface area contributed by atoms with Gasteiger partial charge in [-0.25, -0.2) is 0 Å². The normalized spacial score (nSPS) is 18.1. The van der Waals surface area contributed by atoms with Crippen molar-refractivity contribution >= 4 is 23.0 Å². The van der Waals surface area contributed by atoms with Crippen LogP contribution in [0.4, 0.5) is 5.69 Å². The van der Waals surface area contributed by atoms with Gasteiger partial charge in [0.1, 0.15) is 0 Å². The molecule has 4 aromatic rings. The van der Waals surface area contributed by atoms with Gasteiger partial charge in [-0.2, -0.15) is 0 Å². The molecule has 0 aliphatic carbocycles. The van der Waals surface area contributed by atoms with Crippen LogP contribution in [0.2, 0.25) is 0 Å². The zero-order valence-electron chi connectivity index (χ0n) is 18.5. The minimum Gasteiger partial charge on any atom is -0.351 e. The zero-order chi connectivity index (χ0) is 22.2. The molecule has 160 valence electrons. The summed E-state index contributed by atoms with van der Waals surface area (Å²) < 4.78 is 2.32. The van der Waals surface area contributed by atoms with Crippen molar-refractivity contribution < 1.29 is 0 Å². The van der Waals surface area contributed by atoms with Crippen LogP contribution in [0.25, 0.3) is 5.69 Å². The van der Waals surface area contributed by atoms with E-state index in [4.69, 9.17) is 12.2 Å². The van der Waals surface area contributed by atoms with Gasteiger partial charge in [0, 0.05) is 29.0 Å². The predicted molar refractivity (Wildman–Crippen MR) is 134 cm³/mol. The number of thiocarbonyl (C=S) groups is 1. The highest BCUT2D eigenvalue weighted by atomic mass is 32.1. The molecule has 32 heavy (non-hydrogen) atoms. The first-order valence-electron chi connectivity index (χ1n) is 10.9. The lowest BCUT2D eigenvalue weighted by atomic mass is 9.96. The van der Waals surface area contributed by atoms with Crippen LogP contribution in [-0.2, 0) is 0 Å². The fourth-order valence-corrected chi connectivity index (χ4v) is 5.06. The Kier molecular flexibility index (Phi) is 5.27. The van der Waals surface area contributed by atoms with E-state index >= 15 is 0 Å². The number of nitrogens with one attached hydrogen (secondary N) is 1. The largest absolute Gasteiger partial charge is 0.351 e. The maximum atomic E-state index is 5.87. The standard InChI is InChI=1S/C27H26N4S/c1-18-12-14-22(15-13-18)31-26(25(29-27(31)32)24-11-7-8-16-28-24)23-17-19(2)30(20(23)3)21-9-5-4-6-10-21/h4-17,25-26H,1-3H3,(H,29,32). The average Bonchev–Trinajstić information content (AvgIpc) is 3.31. The van der Waals surface area contributed by atoms with E-state index in [0.717, 1.165) is 16.5 Å². The minimum absolute atomic E-state index is 0.0104. The van der Waals surface area contributed by atoms with Gasteiger partial charge < -0.3 is 14.8 Å². The Morgan fingerprint density at radius 1 is 0.844 bits per heavy atom. The Labute approximate surface area is 194 Å². The van der Waals surface area contributed by atoms with Crippen molar-refractivity contribution in [2.45, 2.75) is 32.9 Å². The van der Waals surface area contributed by atoms with E-state index in [2.05, 4.69) is 101 Å². The molecule has 1 aliphatic rings. The highest BCUT2D eigenvalue weighted by Gasteiger charge is 2.42. The fourth-order valence-electron chi connectivity index (χ4n) is 4.72. The van der Waals surface area contributed by atoms with E-state index in [1.54, 1.807) is 0 Å². The minimum atomic E-state index is -0.0465. The Morgan fingerprint density at radius 3 is 2.25 bits per heavy atom. The molecule has 1 N–H and O–H groups in total. The summed E-state index contributed by atoms with van der Waals surface area (Å²) in [5.74, 6) is 0. The quantitative estimate of drug-likeness (QED) is 0.398. The Balaban J connectivity index is 1.68. The van der Waals surface area contributed by atoms with Crippen LogP contribution in [0.15, 0.2) is 85.1 Å². The zero-order valence-corrected chi connectivity index (χ0v) is 19.3. The molecule has 0 spiro atoms. The highest BCUT2D eigenvalue weighted by Crippen LogP contribution is 2.43. The predicted octanol–water partition coefficient (Wildman–Crippen LogP) is 5.97. The Bertz CT molecular complexity index is 1250. The summed E-state index contributed by atoms with van der Waals surface area (Å²) in [6, 6.07) is 27.4. The van der Waals surface area contributed by atoms with Gasteiger partial charge in [0.25, 0.3) is 0 Å². The molecule has 2 unspecified atom stereocenters. The van der Waals surface area contributed by atoms with Crippen molar-refractivity contribution in [3.63, 3.8) is 0 Å². The average molecular weight is 439 g/mol. The molecule has 5 rings (SSSR count). The van der Waals surface area contributed by atoms with Gasteiger partial charge in [0.15, 0.2) is 5.11 Å². The van der Waals surface area contributed by atoms with Crippen LogP contribution < -0.4 is 10.2 Å². The maximum absolute atomic E-state index is 5.87. The summed E-state index contributed by atoms with van der Waals surface area (Å²) >= 11 is 5.87. The van der Waals surface area contributed by atoms with Gasteiger partial charge in [-0.1, -0.05) is 42.0 Å². The monoisotopic (exact) mass is 438 g/mol. The van der Waals surface area contributed by atoms with Gasteiger partial charge in [0.05, 0.1) is 17.8 Å². The van der Waals surface area contributed by atoms with Crippen LogP contribution in [-0.4, -0.2) is 14.7 Å². The number of benzene rings is 2. The number of hydrogen-bond acceptors (Lipinski definition) is 2. The molecule has 1 saturated heterocycles. The van der Waals surface area contributed by atoms with E-state index in [0.29, 0.717) is 0 Å². The van der Waals surface area contributed by atoms with Crippen LogP contribution in [0.1, 0.15) is 40.3 Å². The topological polar surface area (TPSA) is 33.1 Å². The summed E-state index contributed by atoms with van der Waals surface area (Å²) in [6.45, 7) is 6.46. The van der Waals surface area contributed by atoms with Crippen molar-refractivity contribution in [1.82, 2.24) is 14.9 Å². The first kappa shape index (κ1) is 20.5. The number of aryl methyl sites for hydroxylation is 2. The maximum Gasteiger partial charge on any atom is 0.174 e. The van der Waals surface area contributed by atoms with E-state index in [-0.39, 0.29) is 12.1 Å². The number of nitrogens with zero attached hydrogens (tertiary/aromatic N) is 3. The summed E-state index contributed by atoms with van der Waals surface area (Å²) in [4.78, 5) is 6.92. The second-order valence-electron chi connectivity index (χ2n) is 8.33. The van der Waals surface area contributed by atoms with Crippen LogP contribution in [0.5, 0.6) is 0 Å². The first-order chi connectivity index (χ1) is 15.5. The highest BCUT2D eigenvalue weighted by molar-refractivity contribution is 7.80. The van der Waals surface area contributed by atoms with Gasteiger partial charge >= 0.3 is 0 Å². The third kappa shape index (κ3) is 3.49. The second-order valence-corrected chi connectivity index (χ2v) is 8.72. The third-order valence-corrected chi connectivity index (χ3v) is 6.53. The van der Waals surface area contributed by atoms with Crippen molar-refractivity contribution in [2.24, 2.45) is 0 Å². The Hall–Kier alpha value is -3.44. The lowest BCUT2D eigenvalue weighted by Gasteiger charge is -2.28. The number of pyridine rings is 1. The van der Waals surface area contributed by atoms with Crippen molar-refractivity contribution in [1.29, 1.82) is 0 Å². The number of rotatable bonds is 4. The molecule has 1 fully saturated rings. The fraction of sp³-hybridized carbons (Fsp3) is 0.185. The third-order valence-electron chi connectivity index (χ3n) is 6.21. The first-order valence-corrected chi connectivity index (χ1v) is 11.3. The van der Waals surface area contributed by atoms with Gasteiger partial charge in [0.2, 0.25) is 0 Å². The SMILES string of the molecule is Cc1ccc(N2C(=S)NC(c3ccccn3)C2c2cc(C)n(-c3ccccc3)c2C)cc1. The van der Waals surface area contributed by atoms with E-state index in [1.165, 1.54) is 28.2 Å². The molecular weight excluding hydrogens is 412 g/mol. The lowest BCUT2D eigenvalue weighted by molar-refractivity contribution is 0.565.